The van der Waals surface area contributed by atoms with Crippen LogP contribution in [0.3, 0.4) is 0 Å². The average molecular weight is 444 g/mol. The van der Waals surface area contributed by atoms with Gasteiger partial charge in [-0.15, -0.1) is 24.8 Å². The fraction of sp³-hybridized carbons (Fsp3) is 0.550. The number of amides is 1. The highest BCUT2D eigenvalue weighted by atomic mass is 35.5. The highest BCUT2D eigenvalue weighted by Gasteiger charge is 2.41. The molecule has 0 saturated heterocycles. The monoisotopic (exact) mass is 443 g/mol. The molecule has 1 aliphatic carbocycles. The lowest BCUT2D eigenvalue weighted by atomic mass is 9.96. The molecule has 1 fully saturated rings. The van der Waals surface area contributed by atoms with E-state index in [2.05, 4.69) is 34.2 Å². The van der Waals surface area contributed by atoms with E-state index in [-0.39, 0.29) is 30.7 Å². The number of nitrogens with one attached hydrogen (secondary N) is 1. The van der Waals surface area contributed by atoms with E-state index in [9.17, 15) is 4.79 Å². The summed E-state index contributed by atoms with van der Waals surface area (Å²) in [5.74, 6) is 1.18. The van der Waals surface area contributed by atoms with Gasteiger partial charge in [0.1, 0.15) is 5.54 Å². The van der Waals surface area contributed by atoms with E-state index in [1.807, 2.05) is 24.3 Å². The molecule has 0 unspecified atom stereocenters. The van der Waals surface area contributed by atoms with Crippen molar-refractivity contribution in [3.63, 3.8) is 0 Å². The van der Waals surface area contributed by atoms with Crippen molar-refractivity contribution in [3.05, 3.63) is 41.5 Å². The standard InChI is InChI=1S/C20H29N5O2.2ClH/c1-3-25(4-2)14-18-22-19(24-27-18)20(11-5-6-12-20)23-17(26)13-15-7-9-16(21)10-8-15;;/h7-10H,3-6,11-14,21H2,1-2H3,(H,23,26);2*1H. The topological polar surface area (TPSA) is 97.3 Å². The molecule has 3 rings (SSSR count). The molecule has 1 heterocycles. The van der Waals surface area contributed by atoms with Crippen LogP contribution >= 0.6 is 24.8 Å². The SMILES string of the molecule is CCN(CC)Cc1nc(C2(NC(=O)Cc3ccc(N)cc3)CCCC2)no1.Cl.Cl. The van der Waals surface area contributed by atoms with Gasteiger partial charge in [0.25, 0.3) is 0 Å². The molecule has 1 aromatic carbocycles. The zero-order chi connectivity index (χ0) is 19.3. The smallest absolute Gasteiger partial charge is 0.240 e. The molecule has 0 bridgehead atoms. The maximum absolute atomic E-state index is 12.7. The minimum atomic E-state index is -0.518. The van der Waals surface area contributed by atoms with Crippen LogP contribution in [0.2, 0.25) is 0 Å². The molecule has 0 spiro atoms. The number of aromatic nitrogens is 2. The summed E-state index contributed by atoms with van der Waals surface area (Å²) in [6, 6.07) is 7.39. The van der Waals surface area contributed by atoms with Crippen molar-refractivity contribution in [2.75, 3.05) is 18.8 Å². The molecule has 9 heteroatoms. The Kier molecular flexibility index (Phi) is 9.89. The Bertz CT molecular complexity index is 756. The molecule has 3 N–H and O–H groups in total. The lowest BCUT2D eigenvalue weighted by molar-refractivity contribution is -0.122. The van der Waals surface area contributed by atoms with Gasteiger partial charge in [-0.2, -0.15) is 4.98 Å². The second-order valence-electron chi connectivity index (χ2n) is 7.23. The summed E-state index contributed by atoms with van der Waals surface area (Å²) in [7, 11) is 0. The fourth-order valence-corrected chi connectivity index (χ4v) is 3.67. The van der Waals surface area contributed by atoms with E-state index in [0.717, 1.165) is 44.3 Å². The highest BCUT2D eigenvalue weighted by Crippen LogP contribution is 2.37. The molecule has 0 radical (unpaired) electrons. The molecule has 1 aromatic heterocycles. The van der Waals surface area contributed by atoms with Crippen molar-refractivity contribution < 1.29 is 9.32 Å². The number of hydrogen-bond acceptors (Lipinski definition) is 6. The number of hydrogen-bond donors (Lipinski definition) is 2. The molecule has 1 saturated carbocycles. The number of rotatable bonds is 8. The van der Waals surface area contributed by atoms with E-state index < -0.39 is 5.54 Å². The van der Waals surface area contributed by atoms with Crippen molar-refractivity contribution in [1.82, 2.24) is 20.4 Å². The van der Waals surface area contributed by atoms with Crippen LogP contribution in [-0.2, 0) is 23.3 Å². The number of nitrogens with zero attached hydrogens (tertiary/aromatic N) is 3. The number of halogens is 2. The summed E-state index contributed by atoms with van der Waals surface area (Å²) < 4.78 is 5.48. The average Bonchev–Trinajstić information content (AvgIpc) is 3.32. The van der Waals surface area contributed by atoms with Crippen LogP contribution in [0.25, 0.3) is 0 Å². The highest BCUT2D eigenvalue weighted by molar-refractivity contribution is 5.85. The Hall–Kier alpha value is -1.83. The summed E-state index contributed by atoms with van der Waals surface area (Å²) in [6.45, 7) is 6.71. The van der Waals surface area contributed by atoms with Crippen LogP contribution in [0.1, 0.15) is 56.8 Å². The van der Waals surface area contributed by atoms with Crippen molar-refractivity contribution >= 4 is 36.4 Å². The zero-order valence-corrected chi connectivity index (χ0v) is 18.7. The Balaban J connectivity index is 0.00000210. The van der Waals surface area contributed by atoms with Gasteiger partial charge in [0.05, 0.1) is 13.0 Å². The third kappa shape index (κ3) is 6.32. The minimum Gasteiger partial charge on any atom is -0.399 e. The summed E-state index contributed by atoms with van der Waals surface area (Å²) in [5.41, 5.74) is 6.82. The van der Waals surface area contributed by atoms with Crippen LogP contribution in [0.15, 0.2) is 28.8 Å². The predicted octanol–water partition coefficient (Wildman–Crippen LogP) is 3.47. The van der Waals surface area contributed by atoms with Gasteiger partial charge < -0.3 is 15.6 Å². The Morgan fingerprint density at radius 2 is 1.79 bits per heavy atom. The van der Waals surface area contributed by atoms with Crippen LogP contribution in [-0.4, -0.2) is 34.0 Å². The number of carbonyl (C=O) groups excluding carboxylic acids is 1. The van der Waals surface area contributed by atoms with Crippen molar-refractivity contribution in [1.29, 1.82) is 0 Å². The summed E-state index contributed by atoms with van der Waals surface area (Å²) in [6.07, 6.45) is 4.08. The van der Waals surface area contributed by atoms with Crippen LogP contribution in [0.4, 0.5) is 5.69 Å². The molecule has 7 nitrogen and oxygen atoms in total. The largest absolute Gasteiger partial charge is 0.399 e. The maximum Gasteiger partial charge on any atom is 0.240 e. The number of nitrogens with two attached hydrogens (primary N) is 1. The second kappa shape index (κ2) is 11.4. The Morgan fingerprint density at radius 3 is 2.38 bits per heavy atom. The molecule has 0 aliphatic heterocycles. The van der Waals surface area contributed by atoms with Gasteiger partial charge in [-0.05, 0) is 43.6 Å². The Labute approximate surface area is 184 Å². The third-order valence-electron chi connectivity index (χ3n) is 5.33. The maximum atomic E-state index is 12.7. The number of anilines is 1. The number of nitrogen functional groups attached to an aromatic ring is 1. The van der Waals surface area contributed by atoms with Gasteiger partial charge in [-0.25, -0.2) is 0 Å². The molecule has 29 heavy (non-hydrogen) atoms. The molecule has 162 valence electrons. The van der Waals surface area contributed by atoms with E-state index >= 15 is 0 Å². The van der Waals surface area contributed by atoms with Crippen LogP contribution in [0, 0.1) is 0 Å². The quantitative estimate of drug-likeness (QED) is 0.606. The first-order chi connectivity index (χ1) is 13.0. The molecular formula is C20H31Cl2N5O2. The molecule has 2 aromatic rings. The van der Waals surface area contributed by atoms with Gasteiger partial charge in [-0.1, -0.05) is 44.0 Å². The molecule has 1 aliphatic rings. The van der Waals surface area contributed by atoms with Gasteiger partial charge in [0.2, 0.25) is 11.8 Å². The summed E-state index contributed by atoms with van der Waals surface area (Å²) in [4.78, 5) is 19.5. The first kappa shape index (κ1) is 25.2. The number of benzene rings is 1. The van der Waals surface area contributed by atoms with Gasteiger partial charge >= 0.3 is 0 Å². The van der Waals surface area contributed by atoms with Crippen molar-refractivity contribution in [2.24, 2.45) is 0 Å². The van der Waals surface area contributed by atoms with Crippen molar-refractivity contribution in [3.8, 4) is 0 Å². The van der Waals surface area contributed by atoms with Gasteiger partial charge in [0, 0.05) is 5.69 Å². The molecular weight excluding hydrogens is 413 g/mol. The summed E-state index contributed by atoms with van der Waals surface area (Å²) in [5, 5.41) is 7.42. The summed E-state index contributed by atoms with van der Waals surface area (Å²) >= 11 is 0. The van der Waals surface area contributed by atoms with Crippen LogP contribution in [0.5, 0.6) is 0 Å². The lowest BCUT2D eigenvalue weighted by Gasteiger charge is -2.26. The van der Waals surface area contributed by atoms with Crippen molar-refractivity contribution in [2.45, 2.75) is 58.0 Å². The zero-order valence-electron chi connectivity index (χ0n) is 17.0. The molecule has 0 atom stereocenters. The predicted molar refractivity (Wildman–Crippen MR) is 118 cm³/mol. The first-order valence-corrected chi connectivity index (χ1v) is 9.75. The van der Waals surface area contributed by atoms with E-state index in [1.165, 1.54) is 0 Å². The van der Waals surface area contributed by atoms with E-state index in [4.69, 9.17) is 10.3 Å². The Morgan fingerprint density at radius 1 is 1.17 bits per heavy atom. The van der Waals surface area contributed by atoms with Gasteiger partial charge in [0.15, 0.2) is 5.82 Å². The lowest BCUT2D eigenvalue weighted by Crippen LogP contribution is -2.45. The van der Waals surface area contributed by atoms with E-state index in [0.29, 0.717) is 30.4 Å². The van der Waals surface area contributed by atoms with Gasteiger partial charge in [-0.3, -0.25) is 9.69 Å². The van der Waals surface area contributed by atoms with E-state index in [1.54, 1.807) is 0 Å². The first-order valence-electron chi connectivity index (χ1n) is 9.75. The normalized spacial score (nSPS) is 14.9. The molecule has 1 amide bonds. The second-order valence-corrected chi connectivity index (χ2v) is 7.23. The fourth-order valence-electron chi connectivity index (χ4n) is 3.67. The van der Waals surface area contributed by atoms with Crippen LogP contribution < -0.4 is 11.1 Å². The third-order valence-corrected chi connectivity index (χ3v) is 5.33. The number of carbonyl (C=O) groups is 1. The minimum absolute atomic E-state index is 0.